The molecule has 15 heavy (non-hydrogen) atoms. The summed E-state index contributed by atoms with van der Waals surface area (Å²) in [6, 6.07) is 10.4. The molecular weight excluding hydrogens is 184 g/mol. The fraction of sp³-hybridized carbons (Fsp3) is 0.571. The zero-order chi connectivity index (χ0) is 11.1. The molecule has 1 nitrogen and oxygen atoms in total. The van der Waals surface area contributed by atoms with E-state index in [2.05, 4.69) is 45.0 Å². The fourth-order valence-electron chi connectivity index (χ4n) is 1.67. The Morgan fingerprint density at radius 1 is 1.13 bits per heavy atom. The second kappa shape index (κ2) is 6.62. The molecule has 0 spiro atoms. The summed E-state index contributed by atoms with van der Waals surface area (Å²) >= 11 is 0. The Kier molecular flexibility index (Phi) is 5.41. The maximum atomic E-state index is 5.89. The molecule has 0 N–H and O–H groups in total. The molecule has 0 bridgehead atoms. The summed E-state index contributed by atoms with van der Waals surface area (Å²) < 4.78 is 5.89. The molecule has 1 heteroatoms. The van der Waals surface area contributed by atoms with E-state index in [1.54, 1.807) is 0 Å². The van der Waals surface area contributed by atoms with Gasteiger partial charge in [0.1, 0.15) is 0 Å². The summed E-state index contributed by atoms with van der Waals surface area (Å²) in [5, 5.41) is 0. The van der Waals surface area contributed by atoms with Gasteiger partial charge in [0.15, 0.2) is 0 Å². The van der Waals surface area contributed by atoms with Gasteiger partial charge in [-0.3, -0.25) is 0 Å². The molecule has 0 aliphatic rings. The molecular formula is C14H22O. The first-order chi connectivity index (χ1) is 7.22. The van der Waals surface area contributed by atoms with Crippen molar-refractivity contribution in [3.63, 3.8) is 0 Å². The highest BCUT2D eigenvalue weighted by Gasteiger charge is 2.08. The van der Waals surface area contributed by atoms with Crippen LogP contribution in [0.2, 0.25) is 0 Å². The average molecular weight is 206 g/mol. The van der Waals surface area contributed by atoms with Crippen LogP contribution in [-0.2, 0) is 11.3 Å². The molecule has 0 saturated heterocycles. The maximum Gasteiger partial charge on any atom is 0.0720 e. The van der Waals surface area contributed by atoms with Crippen molar-refractivity contribution in [1.29, 1.82) is 0 Å². The molecule has 0 heterocycles. The van der Waals surface area contributed by atoms with Gasteiger partial charge < -0.3 is 4.74 Å². The lowest BCUT2D eigenvalue weighted by atomic mass is 10.0. The number of rotatable bonds is 6. The molecule has 1 aromatic rings. The van der Waals surface area contributed by atoms with Crippen molar-refractivity contribution in [2.75, 3.05) is 0 Å². The van der Waals surface area contributed by atoms with E-state index in [4.69, 9.17) is 4.74 Å². The van der Waals surface area contributed by atoms with Crippen molar-refractivity contribution >= 4 is 0 Å². The standard InChI is InChI=1S/C14H22O/c1-4-14(10-12(2)3)15-11-13-8-6-5-7-9-13/h5-9,12,14H,4,10-11H2,1-3H3. The van der Waals surface area contributed by atoms with Crippen LogP contribution in [0.15, 0.2) is 30.3 Å². The third-order valence-corrected chi connectivity index (χ3v) is 2.52. The number of hydrogen-bond acceptors (Lipinski definition) is 1. The van der Waals surface area contributed by atoms with Crippen molar-refractivity contribution in [2.24, 2.45) is 5.92 Å². The zero-order valence-corrected chi connectivity index (χ0v) is 10.1. The predicted molar refractivity (Wildman–Crippen MR) is 64.8 cm³/mol. The first kappa shape index (κ1) is 12.3. The summed E-state index contributed by atoms with van der Waals surface area (Å²) in [6.07, 6.45) is 2.67. The van der Waals surface area contributed by atoms with E-state index in [0.29, 0.717) is 12.0 Å². The first-order valence-electron chi connectivity index (χ1n) is 5.88. The van der Waals surface area contributed by atoms with Gasteiger partial charge in [-0.05, 0) is 24.3 Å². The highest BCUT2D eigenvalue weighted by atomic mass is 16.5. The summed E-state index contributed by atoms with van der Waals surface area (Å²) in [5.41, 5.74) is 1.26. The topological polar surface area (TPSA) is 9.23 Å². The van der Waals surface area contributed by atoms with Crippen LogP contribution in [0.4, 0.5) is 0 Å². The molecule has 1 rings (SSSR count). The monoisotopic (exact) mass is 206 g/mol. The van der Waals surface area contributed by atoms with E-state index in [-0.39, 0.29) is 0 Å². The molecule has 0 fully saturated rings. The highest BCUT2D eigenvalue weighted by molar-refractivity contribution is 5.13. The average Bonchev–Trinajstić information content (AvgIpc) is 2.25. The minimum Gasteiger partial charge on any atom is -0.374 e. The molecule has 1 aromatic carbocycles. The lowest BCUT2D eigenvalue weighted by molar-refractivity contribution is 0.0248. The predicted octanol–water partition coefficient (Wildman–Crippen LogP) is 4.03. The molecule has 1 unspecified atom stereocenters. The third kappa shape index (κ3) is 4.98. The van der Waals surface area contributed by atoms with Gasteiger partial charge in [0, 0.05) is 0 Å². The number of benzene rings is 1. The van der Waals surface area contributed by atoms with E-state index in [1.165, 1.54) is 5.56 Å². The van der Waals surface area contributed by atoms with E-state index < -0.39 is 0 Å². The van der Waals surface area contributed by atoms with Crippen LogP contribution in [0.5, 0.6) is 0 Å². The van der Waals surface area contributed by atoms with Gasteiger partial charge in [0.25, 0.3) is 0 Å². The van der Waals surface area contributed by atoms with Gasteiger partial charge in [-0.1, -0.05) is 51.1 Å². The molecule has 1 atom stereocenters. The van der Waals surface area contributed by atoms with Gasteiger partial charge in [-0.2, -0.15) is 0 Å². The molecule has 0 amide bonds. The Morgan fingerprint density at radius 3 is 2.33 bits per heavy atom. The first-order valence-corrected chi connectivity index (χ1v) is 5.88. The molecule has 84 valence electrons. The van der Waals surface area contributed by atoms with Gasteiger partial charge in [0.05, 0.1) is 12.7 Å². The van der Waals surface area contributed by atoms with Crippen LogP contribution in [-0.4, -0.2) is 6.10 Å². The van der Waals surface area contributed by atoms with Crippen molar-refractivity contribution in [2.45, 2.75) is 46.3 Å². The summed E-state index contributed by atoms with van der Waals surface area (Å²) in [7, 11) is 0. The SMILES string of the molecule is CCC(CC(C)C)OCc1ccccc1. The van der Waals surface area contributed by atoms with Crippen LogP contribution < -0.4 is 0 Å². The van der Waals surface area contributed by atoms with Crippen LogP contribution in [0.1, 0.15) is 39.2 Å². The van der Waals surface area contributed by atoms with Crippen LogP contribution in [0.25, 0.3) is 0 Å². The molecule has 0 aromatic heterocycles. The number of ether oxygens (including phenoxy) is 1. The van der Waals surface area contributed by atoms with Crippen LogP contribution in [0.3, 0.4) is 0 Å². The van der Waals surface area contributed by atoms with Crippen molar-refractivity contribution < 1.29 is 4.74 Å². The van der Waals surface area contributed by atoms with Crippen LogP contribution >= 0.6 is 0 Å². The Hall–Kier alpha value is -0.820. The number of hydrogen-bond donors (Lipinski definition) is 0. The minimum absolute atomic E-state index is 0.408. The smallest absolute Gasteiger partial charge is 0.0720 e. The summed E-state index contributed by atoms with van der Waals surface area (Å²) in [6.45, 7) is 7.42. The largest absolute Gasteiger partial charge is 0.374 e. The maximum absolute atomic E-state index is 5.89. The highest BCUT2D eigenvalue weighted by Crippen LogP contribution is 2.13. The Morgan fingerprint density at radius 2 is 1.80 bits per heavy atom. The van der Waals surface area contributed by atoms with Crippen molar-refractivity contribution in [1.82, 2.24) is 0 Å². The van der Waals surface area contributed by atoms with Gasteiger partial charge in [-0.25, -0.2) is 0 Å². The van der Waals surface area contributed by atoms with E-state index >= 15 is 0 Å². The normalized spacial score (nSPS) is 13.1. The second-order valence-corrected chi connectivity index (χ2v) is 4.46. The van der Waals surface area contributed by atoms with Gasteiger partial charge in [-0.15, -0.1) is 0 Å². The fourth-order valence-corrected chi connectivity index (χ4v) is 1.67. The van der Waals surface area contributed by atoms with Gasteiger partial charge >= 0.3 is 0 Å². The zero-order valence-electron chi connectivity index (χ0n) is 10.1. The van der Waals surface area contributed by atoms with E-state index in [1.807, 2.05) is 6.07 Å². The van der Waals surface area contributed by atoms with E-state index in [0.717, 1.165) is 19.4 Å². The van der Waals surface area contributed by atoms with Crippen LogP contribution in [0, 0.1) is 5.92 Å². The summed E-state index contributed by atoms with van der Waals surface area (Å²) in [5.74, 6) is 0.714. The molecule has 0 aliphatic heterocycles. The molecule has 0 aliphatic carbocycles. The second-order valence-electron chi connectivity index (χ2n) is 4.46. The van der Waals surface area contributed by atoms with Gasteiger partial charge in [0.2, 0.25) is 0 Å². The lowest BCUT2D eigenvalue weighted by Gasteiger charge is -2.18. The Labute approximate surface area is 93.5 Å². The third-order valence-electron chi connectivity index (χ3n) is 2.52. The summed E-state index contributed by atoms with van der Waals surface area (Å²) in [4.78, 5) is 0. The Bertz CT molecular complexity index is 253. The quantitative estimate of drug-likeness (QED) is 0.683. The van der Waals surface area contributed by atoms with Crippen molar-refractivity contribution in [3.8, 4) is 0 Å². The molecule has 0 saturated carbocycles. The lowest BCUT2D eigenvalue weighted by Crippen LogP contribution is -2.14. The Balaban J connectivity index is 2.34. The van der Waals surface area contributed by atoms with Crippen molar-refractivity contribution in [3.05, 3.63) is 35.9 Å². The van der Waals surface area contributed by atoms with E-state index in [9.17, 15) is 0 Å². The molecule has 0 radical (unpaired) electrons. The minimum atomic E-state index is 0.408.